The lowest BCUT2D eigenvalue weighted by atomic mass is 10.1. The molecule has 0 amide bonds. The first kappa shape index (κ1) is 25.4. The van der Waals surface area contributed by atoms with Crippen LogP contribution < -0.4 is 15.0 Å². The molecule has 0 aliphatic carbocycles. The third-order valence-corrected chi connectivity index (χ3v) is 8.01. The smallest absolute Gasteiger partial charge is 0.292 e. The first-order valence-corrected chi connectivity index (χ1v) is 12.9. The summed E-state index contributed by atoms with van der Waals surface area (Å²) in [6.45, 7) is 1.70. The van der Waals surface area contributed by atoms with E-state index in [1.54, 1.807) is 12.1 Å². The van der Waals surface area contributed by atoms with Gasteiger partial charge >= 0.3 is 0 Å². The maximum absolute atomic E-state index is 14.1. The number of halogens is 1. The third kappa shape index (κ3) is 5.58. The van der Waals surface area contributed by atoms with Crippen molar-refractivity contribution in [3.63, 3.8) is 0 Å². The van der Waals surface area contributed by atoms with Crippen LogP contribution in [0.4, 0.5) is 21.5 Å². The van der Waals surface area contributed by atoms with Crippen molar-refractivity contribution in [3.8, 4) is 5.75 Å². The van der Waals surface area contributed by atoms with E-state index in [1.807, 2.05) is 35.2 Å². The minimum Gasteiger partial charge on any atom is -0.494 e. The highest BCUT2D eigenvalue weighted by Crippen LogP contribution is 2.31. The second-order valence-corrected chi connectivity index (χ2v) is 10.2. The van der Waals surface area contributed by atoms with Gasteiger partial charge in [0.2, 0.25) is 10.0 Å². The minimum atomic E-state index is -3.87. The van der Waals surface area contributed by atoms with Gasteiger partial charge in [0, 0.05) is 44.5 Å². The van der Waals surface area contributed by atoms with Gasteiger partial charge in [0.25, 0.3) is 5.69 Å². The third-order valence-electron chi connectivity index (χ3n) is 6.11. The largest absolute Gasteiger partial charge is 0.494 e. The Labute approximate surface area is 209 Å². The van der Waals surface area contributed by atoms with Gasteiger partial charge in [-0.3, -0.25) is 10.1 Å². The first-order valence-electron chi connectivity index (χ1n) is 11.4. The van der Waals surface area contributed by atoms with Crippen LogP contribution in [0.5, 0.6) is 5.75 Å². The number of nitrogens with zero attached hydrogens (tertiary/aromatic N) is 3. The molecule has 1 heterocycles. The second-order valence-electron chi connectivity index (χ2n) is 8.31. The first-order chi connectivity index (χ1) is 17.3. The van der Waals surface area contributed by atoms with E-state index in [0.29, 0.717) is 31.7 Å². The van der Waals surface area contributed by atoms with Crippen molar-refractivity contribution in [3.05, 3.63) is 88.2 Å². The summed E-state index contributed by atoms with van der Waals surface area (Å²) >= 11 is 0. The molecule has 0 bridgehead atoms. The Balaban J connectivity index is 1.44. The van der Waals surface area contributed by atoms with Gasteiger partial charge in [-0.15, -0.1) is 0 Å². The highest BCUT2D eigenvalue weighted by molar-refractivity contribution is 7.89. The maximum Gasteiger partial charge on any atom is 0.292 e. The van der Waals surface area contributed by atoms with E-state index in [4.69, 9.17) is 4.74 Å². The van der Waals surface area contributed by atoms with Crippen molar-refractivity contribution < 1.29 is 22.5 Å². The quantitative estimate of drug-likeness (QED) is 0.341. The monoisotopic (exact) mass is 514 g/mol. The molecule has 1 N–H and O–H groups in total. The van der Waals surface area contributed by atoms with E-state index >= 15 is 0 Å². The molecule has 1 aliphatic rings. The van der Waals surface area contributed by atoms with Crippen molar-refractivity contribution in [1.82, 2.24) is 4.31 Å². The van der Waals surface area contributed by atoms with Gasteiger partial charge < -0.3 is 15.0 Å². The van der Waals surface area contributed by atoms with Gasteiger partial charge in [-0.1, -0.05) is 30.3 Å². The van der Waals surface area contributed by atoms with E-state index in [0.717, 1.165) is 17.3 Å². The van der Waals surface area contributed by atoms with Crippen LogP contribution in [0.15, 0.2) is 71.6 Å². The molecular formula is C25H27FN4O5S. The summed E-state index contributed by atoms with van der Waals surface area (Å²) in [7, 11) is -2.56. The predicted molar refractivity (Wildman–Crippen MR) is 136 cm³/mol. The molecule has 0 atom stereocenters. The molecule has 36 heavy (non-hydrogen) atoms. The molecule has 0 radical (unpaired) electrons. The normalized spacial score (nSPS) is 14.4. The summed E-state index contributed by atoms with van der Waals surface area (Å²) in [5.41, 5.74) is 2.28. The zero-order valence-corrected chi connectivity index (χ0v) is 20.6. The Bertz CT molecular complexity index is 1330. The SMILES string of the molecule is COc1ccc(S(=O)(=O)N2CCN(c3ccc([N+](=O)[O-])c(NCCc4ccccc4)c3)CC2)cc1F. The van der Waals surface area contributed by atoms with Crippen molar-refractivity contribution in [2.75, 3.05) is 50.1 Å². The summed E-state index contributed by atoms with van der Waals surface area (Å²) in [5, 5.41) is 14.7. The molecule has 4 rings (SSSR count). The fourth-order valence-corrected chi connectivity index (χ4v) is 5.59. The van der Waals surface area contributed by atoms with Crippen LogP contribution in [0.2, 0.25) is 0 Å². The number of ether oxygens (including phenoxy) is 1. The zero-order valence-electron chi connectivity index (χ0n) is 19.8. The van der Waals surface area contributed by atoms with Crippen LogP contribution in [0.3, 0.4) is 0 Å². The van der Waals surface area contributed by atoms with Gasteiger partial charge in [-0.2, -0.15) is 4.31 Å². The molecule has 0 aromatic heterocycles. The molecule has 0 spiro atoms. The number of methoxy groups -OCH3 is 1. The number of nitro benzene ring substituents is 1. The summed E-state index contributed by atoms with van der Waals surface area (Å²) in [6, 6.07) is 18.3. The molecule has 1 fully saturated rings. The van der Waals surface area contributed by atoms with Crippen molar-refractivity contribution in [1.29, 1.82) is 0 Å². The van der Waals surface area contributed by atoms with Gasteiger partial charge in [-0.05, 0) is 42.3 Å². The molecule has 0 saturated carbocycles. The molecule has 1 aliphatic heterocycles. The average Bonchev–Trinajstić information content (AvgIpc) is 2.89. The van der Waals surface area contributed by atoms with Crippen LogP contribution >= 0.6 is 0 Å². The number of anilines is 2. The lowest BCUT2D eigenvalue weighted by Gasteiger charge is -2.35. The fraction of sp³-hybridized carbons (Fsp3) is 0.280. The zero-order chi connectivity index (χ0) is 25.7. The van der Waals surface area contributed by atoms with E-state index in [-0.39, 0.29) is 29.4 Å². The number of rotatable bonds is 9. The lowest BCUT2D eigenvalue weighted by Crippen LogP contribution is -2.48. The summed E-state index contributed by atoms with van der Waals surface area (Å²) in [5.74, 6) is -0.763. The van der Waals surface area contributed by atoms with E-state index in [9.17, 15) is 22.9 Å². The fourth-order valence-electron chi connectivity index (χ4n) is 4.15. The van der Waals surface area contributed by atoms with Crippen molar-refractivity contribution >= 4 is 27.1 Å². The molecule has 0 unspecified atom stereocenters. The van der Waals surface area contributed by atoms with Crippen LogP contribution in [0.1, 0.15) is 5.56 Å². The topological polar surface area (TPSA) is 105 Å². The number of sulfonamides is 1. The Morgan fingerprint density at radius 1 is 1.03 bits per heavy atom. The molecule has 1 saturated heterocycles. The molecule has 11 heteroatoms. The van der Waals surface area contributed by atoms with Crippen molar-refractivity contribution in [2.45, 2.75) is 11.3 Å². The molecule has 3 aromatic rings. The van der Waals surface area contributed by atoms with Gasteiger partial charge in [0.15, 0.2) is 11.6 Å². The van der Waals surface area contributed by atoms with Crippen LogP contribution in [0.25, 0.3) is 0 Å². The Morgan fingerprint density at radius 2 is 1.75 bits per heavy atom. The predicted octanol–water partition coefficient (Wildman–Crippen LogP) is 3.91. The summed E-state index contributed by atoms with van der Waals surface area (Å²) in [6.07, 6.45) is 0.713. The number of hydrogen-bond donors (Lipinski definition) is 1. The summed E-state index contributed by atoms with van der Waals surface area (Å²) in [4.78, 5) is 13.0. The number of nitro groups is 1. The lowest BCUT2D eigenvalue weighted by molar-refractivity contribution is -0.383. The Kier molecular flexibility index (Phi) is 7.70. The Hall–Kier alpha value is -3.70. The molecule has 190 valence electrons. The van der Waals surface area contributed by atoms with Gasteiger partial charge in [0.1, 0.15) is 5.69 Å². The maximum atomic E-state index is 14.1. The minimum absolute atomic E-state index is 0.0189. The number of benzene rings is 3. The average molecular weight is 515 g/mol. The number of piperazine rings is 1. The Morgan fingerprint density at radius 3 is 2.39 bits per heavy atom. The van der Waals surface area contributed by atoms with Gasteiger partial charge in [0.05, 0.1) is 16.9 Å². The van der Waals surface area contributed by atoms with Crippen LogP contribution in [-0.4, -0.2) is 57.5 Å². The standard InChI is InChI=1S/C25H27FN4O5S/c1-35-25-10-8-21(18-22(25)26)36(33,34)29-15-13-28(14-16-29)20-7-9-24(30(31)32)23(17-20)27-12-11-19-5-3-2-4-6-19/h2-10,17-18,27H,11-16H2,1H3. The van der Waals surface area contributed by atoms with Crippen molar-refractivity contribution in [2.24, 2.45) is 0 Å². The highest BCUT2D eigenvalue weighted by atomic mass is 32.2. The van der Waals surface area contributed by atoms with Crippen LogP contribution in [0, 0.1) is 15.9 Å². The van der Waals surface area contributed by atoms with E-state index in [2.05, 4.69) is 5.32 Å². The molecule has 9 nitrogen and oxygen atoms in total. The van der Waals surface area contributed by atoms with E-state index < -0.39 is 20.8 Å². The molecular weight excluding hydrogens is 487 g/mol. The van der Waals surface area contributed by atoms with Crippen LogP contribution in [-0.2, 0) is 16.4 Å². The second kappa shape index (κ2) is 10.9. The highest BCUT2D eigenvalue weighted by Gasteiger charge is 2.30. The molecule has 3 aromatic carbocycles. The number of hydrogen-bond acceptors (Lipinski definition) is 7. The summed E-state index contributed by atoms with van der Waals surface area (Å²) < 4.78 is 46.3. The number of nitrogens with one attached hydrogen (secondary N) is 1. The van der Waals surface area contributed by atoms with Gasteiger partial charge in [-0.25, -0.2) is 12.8 Å². The van der Waals surface area contributed by atoms with E-state index in [1.165, 1.54) is 29.6 Å².